The molecule has 0 aromatic heterocycles. The number of carbonyl (C=O) groups excluding carboxylic acids is 1. The summed E-state index contributed by atoms with van der Waals surface area (Å²) in [7, 11) is 3.46. The van der Waals surface area contributed by atoms with E-state index in [9.17, 15) is 4.79 Å². The maximum absolute atomic E-state index is 12.8. The zero-order chi connectivity index (χ0) is 23.5. The zero-order valence-electron chi connectivity index (χ0n) is 19.4. The van der Waals surface area contributed by atoms with Gasteiger partial charge in [-0.1, -0.05) is 60.3 Å². The monoisotopic (exact) mass is 472 g/mol. The van der Waals surface area contributed by atoms with Gasteiger partial charge in [-0.3, -0.25) is 9.79 Å². The fraction of sp³-hybridized carbons (Fsp3) is 0.286. The molecule has 0 saturated heterocycles. The SMILES string of the molecule is COc1cccc(-c2cccc(C34CC(OC)CC3CSC(NC(=O)c3ccccc3)=N4)c2)c1. The number of benzene rings is 3. The molecule has 1 saturated carbocycles. The van der Waals surface area contributed by atoms with Crippen molar-refractivity contribution in [2.45, 2.75) is 24.5 Å². The molecule has 3 aromatic rings. The van der Waals surface area contributed by atoms with Crippen LogP contribution in [0.25, 0.3) is 11.1 Å². The van der Waals surface area contributed by atoms with Crippen molar-refractivity contribution in [3.8, 4) is 16.9 Å². The fourth-order valence-electron chi connectivity index (χ4n) is 5.04. The van der Waals surface area contributed by atoms with Crippen molar-refractivity contribution in [2.24, 2.45) is 10.9 Å². The summed E-state index contributed by atoms with van der Waals surface area (Å²) in [5.74, 6) is 1.92. The summed E-state index contributed by atoms with van der Waals surface area (Å²) in [6.07, 6.45) is 1.89. The molecule has 6 heteroatoms. The molecule has 1 aliphatic heterocycles. The van der Waals surface area contributed by atoms with Gasteiger partial charge in [-0.2, -0.15) is 0 Å². The second-order valence-corrected chi connectivity index (χ2v) is 9.79. The van der Waals surface area contributed by atoms with Gasteiger partial charge in [-0.25, -0.2) is 0 Å². The van der Waals surface area contributed by atoms with Crippen LogP contribution in [0.3, 0.4) is 0 Å². The number of nitrogens with one attached hydrogen (secondary N) is 1. The van der Waals surface area contributed by atoms with Crippen LogP contribution in [0.2, 0.25) is 0 Å². The van der Waals surface area contributed by atoms with E-state index in [0.29, 0.717) is 16.6 Å². The summed E-state index contributed by atoms with van der Waals surface area (Å²) in [4.78, 5) is 18.0. The standard InChI is InChI=1S/C28H28N2O3S/c1-32-24-13-7-11-21(15-24)20-10-6-12-22(14-20)28-17-25(33-2)16-23(28)18-34-27(30-28)29-26(31)19-8-4-3-5-9-19/h3-15,23,25H,16-18H2,1-2H3,(H,29,30,31). The maximum atomic E-state index is 12.8. The minimum absolute atomic E-state index is 0.133. The van der Waals surface area contributed by atoms with E-state index in [1.165, 1.54) is 0 Å². The second-order valence-electron chi connectivity index (χ2n) is 8.78. The van der Waals surface area contributed by atoms with Crippen LogP contribution in [0.4, 0.5) is 0 Å². The molecule has 5 rings (SSSR count). The normalized spacial score (nSPS) is 23.6. The first kappa shape index (κ1) is 22.7. The molecule has 1 heterocycles. The number of amidine groups is 1. The molecule has 174 valence electrons. The molecule has 1 N–H and O–H groups in total. The zero-order valence-corrected chi connectivity index (χ0v) is 20.2. The summed E-state index contributed by atoms with van der Waals surface area (Å²) in [6.45, 7) is 0. The van der Waals surface area contributed by atoms with E-state index in [4.69, 9.17) is 14.5 Å². The van der Waals surface area contributed by atoms with Crippen LogP contribution in [0.15, 0.2) is 83.9 Å². The Bertz CT molecular complexity index is 1210. The van der Waals surface area contributed by atoms with E-state index >= 15 is 0 Å². The lowest BCUT2D eigenvalue weighted by Gasteiger charge is -2.36. The quantitative estimate of drug-likeness (QED) is 0.532. The van der Waals surface area contributed by atoms with Gasteiger partial charge in [0.2, 0.25) is 0 Å². The predicted molar refractivity (Wildman–Crippen MR) is 137 cm³/mol. The number of nitrogens with zero attached hydrogens (tertiary/aromatic N) is 1. The molecule has 3 atom stereocenters. The van der Waals surface area contributed by atoms with Crippen molar-refractivity contribution in [3.63, 3.8) is 0 Å². The Balaban J connectivity index is 1.52. The number of aliphatic imine (C=N–C) groups is 1. The van der Waals surface area contributed by atoms with Crippen LogP contribution in [0, 0.1) is 5.92 Å². The molecule has 1 fully saturated rings. The topological polar surface area (TPSA) is 59.9 Å². The van der Waals surface area contributed by atoms with E-state index in [0.717, 1.165) is 41.0 Å². The first-order chi connectivity index (χ1) is 16.6. The first-order valence-corrected chi connectivity index (χ1v) is 12.5. The number of rotatable bonds is 5. The molecule has 3 aromatic carbocycles. The van der Waals surface area contributed by atoms with Gasteiger partial charge >= 0.3 is 0 Å². The van der Waals surface area contributed by atoms with Crippen LogP contribution in [-0.2, 0) is 10.3 Å². The van der Waals surface area contributed by atoms with Crippen molar-refractivity contribution >= 4 is 22.8 Å². The molecule has 1 amide bonds. The molecule has 34 heavy (non-hydrogen) atoms. The van der Waals surface area contributed by atoms with Crippen molar-refractivity contribution < 1.29 is 14.3 Å². The lowest BCUT2D eigenvalue weighted by molar-refractivity contribution is 0.0977. The summed E-state index contributed by atoms with van der Waals surface area (Å²) >= 11 is 1.62. The highest BCUT2D eigenvalue weighted by Gasteiger charge is 2.51. The van der Waals surface area contributed by atoms with Crippen molar-refractivity contribution in [2.75, 3.05) is 20.0 Å². The van der Waals surface area contributed by atoms with Gasteiger partial charge in [0.25, 0.3) is 5.91 Å². The van der Waals surface area contributed by atoms with Crippen molar-refractivity contribution in [3.05, 3.63) is 90.0 Å². The molecule has 0 bridgehead atoms. The number of hydrogen-bond acceptors (Lipinski definition) is 5. The van der Waals surface area contributed by atoms with Gasteiger partial charge in [-0.05, 0) is 53.4 Å². The third-order valence-corrected chi connectivity index (χ3v) is 7.88. The van der Waals surface area contributed by atoms with Gasteiger partial charge in [0, 0.05) is 30.8 Å². The van der Waals surface area contributed by atoms with Crippen LogP contribution < -0.4 is 10.1 Å². The summed E-state index contributed by atoms with van der Waals surface area (Å²) in [5, 5.41) is 3.73. The highest BCUT2D eigenvalue weighted by atomic mass is 32.2. The minimum atomic E-state index is -0.430. The minimum Gasteiger partial charge on any atom is -0.497 e. The van der Waals surface area contributed by atoms with Gasteiger partial charge < -0.3 is 14.8 Å². The van der Waals surface area contributed by atoms with Crippen molar-refractivity contribution in [1.29, 1.82) is 0 Å². The first-order valence-electron chi connectivity index (χ1n) is 11.5. The number of amides is 1. The number of hydrogen-bond donors (Lipinski definition) is 1. The Hall–Kier alpha value is -3.09. The molecule has 2 aliphatic rings. The molecular formula is C28H28N2O3S. The number of ether oxygens (including phenoxy) is 2. The summed E-state index contributed by atoms with van der Waals surface area (Å²) < 4.78 is 11.2. The van der Waals surface area contributed by atoms with E-state index in [1.54, 1.807) is 26.0 Å². The molecular weight excluding hydrogens is 444 g/mol. The van der Waals surface area contributed by atoms with Gasteiger partial charge in [0.15, 0.2) is 5.17 Å². The average Bonchev–Trinajstić information content (AvgIpc) is 3.29. The van der Waals surface area contributed by atoms with Crippen LogP contribution in [0.5, 0.6) is 5.75 Å². The lowest BCUT2D eigenvalue weighted by atomic mass is 9.80. The highest BCUT2D eigenvalue weighted by molar-refractivity contribution is 8.13. The van der Waals surface area contributed by atoms with Crippen LogP contribution in [-0.4, -0.2) is 37.2 Å². The van der Waals surface area contributed by atoms with Crippen molar-refractivity contribution in [1.82, 2.24) is 5.32 Å². The Kier molecular flexibility index (Phi) is 6.44. The third kappa shape index (κ3) is 4.36. The van der Waals surface area contributed by atoms with Gasteiger partial charge in [0.1, 0.15) is 5.75 Å². The Morgan fingerprint density at radius 3 is 2.53 bits per heavy atom. The highest BCUT2D eigenvalue weighted by Crippen LogP contribution is 2.52. The smallest absolute Gasteiger partial charge is 0.257 e. The fourth-order valence-corrected chi connectivity index (χ4v) is 6.20. The number of thioether (sulfide) groups is 1. The summed E-state index contributed by atoms with van der Waals surface area (Å²) in [5.41, 5.74) is 3.57. The lowest BCUT2D eigenvalue weighted by Crippen LogP contribution is -2.40. The van der Waals surface area contributed by atoms with Gasteiger partial charge in [-0.15, -0.1) is 0 Å². The Labute approximate surface area is 204 Å². The molecule has 3 unspecified atom stereocenters. The van der Waals surface area contributed by atoms with E-state index < -0.39 is 5.54 Å². The molecule has 5 nitrogen and oxygen atoms in total. The third-order valence-electron chi connectivity index (χ3n) is 6.84. The van der Waals surface area contributed by atoms with Crippen LogP contribution in [0.1, 0.15) is 28.8 Å². The molecule has 0 radical (unpaired) electrons. The summed E-state index contributed by atoms with van der Waals surface area (Å²) in [6, 6.07) is 26.0. The van der Waals surface area contributed by atoms with Crippen LogP contribution >= 0.6 is 11.8 Å². The predicted octanol–water partition coefficient (Wildman–Crippen LogP) is 5.52. The Morgan fingerprint density at radius 2 is 1.76 bits per heavy atom. The average molecular weight is 473 g/mol. The number of fused-ring (bicyclic) bond motifs is 1. The van der Waals surface area contributed by atoms with Gasteiger partial charge in [0.05, 0.1) is 18.8 Å². The van der Waals surface area contributed by atoms with E-state index in [-0.39, 0.29) is 12.0 Å². The molecule has 0 spiro atoms. The molecule has 1 aliphatic carbocycles. The largest absolute Gasteiger partial charge is 0.497 e. The number of methoxy groups -OCH3 is 2. The Morgan fingerprint density at radius 1 is 1.00 bits per heavy atom. The van der Waals surface area contributed by atoms with E-state index in [2.05, 4.69) is 35.6 Å². The van der Waals surface area contributed by atoms with E-state index in [1.807, 2.05) is 48.5 Å². The number of carbonyl (C=O) groups is 1. The second kappa shape index (κ2) is 9.65. The maximum Gasteiger partial charge on any atom is 0.257 e.